The molecule has 1 aliphatic heterocycles. The van der Waals surface area contributed by atoms with E-state index in [0.29, 0.717) is 15.9 Å². The molecular weight excluding hydrogens is 202 g/mol. The Bertz CT molecular complexity index is 771. The van der Waals surface area contributed by atoms with Gasteiger partial charge in [0.15, 0.2) is 0 Å². The average molecular weight is 223 g/mol. The van der Waals surface area contributed by atoms with E-state index in [1.165, 1.54) is 0 Å². The number of morpholine rings is 1. The first-order valence-electron chi connectivity index (χ1n) is 8.62. The van der Waals surface area contributed by atoms with Crippen molar-refractivity contribution in [3.05, 3.63) is 30.5 Å². The summed E-state index contributed by atoms with van der Waals surface area (Å²) in [6, 6.07) is 6.64. The van der Waals surface area contributed by atoms with Gasteiger partial charge in [0.2, 0.25) is 0 Å². The lowest BCUT2D eigenvalue weighted by Gasteiger charge is -2.27. The Morgan fingerprint density at radius 3 is 2.75 bits per heavy atom. The number of fused-ring (bicyclic) bond motifs is 1. The summed E-state index contributed by atoms with van der Waals surface area (Å²) < 4.78 is 67.1. The second-order valence-corrected chi connectivity index (χ2v) is 3.08. The Labute approximate surface area is 105 Å². The highest BCUT2D eigenvalue weighted by Crippen LogP contribution is 2.15. The largest absolute Gasteiger partial charge is 0.378 e. The van der Waals surface area contributed by atoms with E-state index in [9.17, 15) is 0 Å². The van der Waals surface area contributed by atoms with Crippen LogP contribution in [0.15, 0.2) is 30.5 Å². The molecule has 0 saturated carbocycles. The second kappa shape index (κ2) is 4.06. The highest BCUT2D eigenvalue weighted by atomic mass is 16.5. The van der Waals surface area contributed by atoms with E-state index in [-0.39, 0.29) is 5.82 Å². The summed E-state index contributed by atoms with van der Waals surface area (Å²) in [4.78, 5) is 8.48. The van der Waals surface area contributed by atoms with Crippen LogP contribution in [0.2, 0.25) is 0 Å². The molecule has 0 bridgehead atoms. The van der Waals surface area contributed by atoms with Gasteiger partial charge in [-0.15, -0.1) is 0 Å². The number of hydrogen-bond acceptors (Lipinski definition) is 4. The molecule has 1 aromatic carbocycles. The fourth-order valence-electron chi connectivity index (χ4n) is 1.36. The summed E-state index contributed by atoms with van der Waals surface area (Å²) in [7, 11) is 0. The van der Waals surface area contributed by atoms with E-state index >= 15 is 0 Å². The molecule has 82 valence electrons. The maximum atomic E-state index is 7.98. The van der Waals surface area contributed by atoms with Crippen molar-refractivity contribution < 1.29 is 15.7 Å². The number of benzene rings is 1. The maximum absolute atomic E-state index is 7.98. The molecule has 0 aliphatic carbocycles. The number of ether oxygens (including phenoxy) is 1. The van der Waals surface area contributed by atoms with Crippen LogP contribution in [0.4, 0.5) is 5.82 Å². The van der Waals surface area contributed by atoms with E-state index in [4.69, 9.17) is 11.0 Å². The SMILES string of the molecule is [2H]C1([2H])OC([2H])([2H])C([2H])([2H])N(c2cnc3ccccc3n2)C1([2H])[2H]. The van der Waals surface area contributed by atoms with E-state index < -0.39 is 26.1 Å². The fraction of sp³-hybridized carbons (Fsp3) is 0.333. The fourth-order valence-corrected chi connectivity index (χ4v) is 1.36. The Kier molecular flexibility index (Phi) is 1.09. The molecular formula is C12H13N3O. The minimum absolute atomic E-state index is 0.308. The highest BCUT2D eigenvalue weighted by Gasteiger charge is 2.12. The van der Waals surface area contributed by atoms with Gasteiger partial charge >= 0.3 is 0 Å². The topological polar surface area (TPSA) is 38.2 Å². The molecule has 0 radical (unpaired) electrons. The van der Waals surface area contributed by atoms with Crippen LogP contribution in [0.25, 0.3) is 11.0 Å². The van der Waals surface area contributed by atoms with Gasteiger partial charge in [0.25, 0.3) is 0 Å². The predicted octanol–water partition coefficient (Wildman–Crippen LogP) is 1.47. The average Bonchev–Trinajstić information content (AvgIpc) is 2.44. The van der Waals surface area contributed by atoms with Gasteiger partial charge in [0, 0.05) is 13.0 Å². The van der Waals surface area contributed by atoms with Gasteiger partial charge in [-0.1, -0.05) is 12.1 Å². The summed E-state index contributed by atoms with van der Waals surface area (Å²) in [6.07, 6.45) is 1.08. The van der Waals surface area contributed by atoms with Gasteiger partial charge in [0.05, 0.1) is 41.3 Å². The predicted molar refractivity (Wildman–Crippen MR) is 62.6 cm³/mol. The molecule has 1 fully saturated rings. The molecule has 16 heavy (non-hydrogen) atoms. The molecule has 0 unspecified atom stereocenters. The molecule has 2 aromatic rings. The van der Waals surface area contributed by atoms with Gasteiger partial charge in [-0.05, 0) is 12.1 Å². The van der Waals surface area contributed by atoms with E-state index in [1.54, 1.807) is 24.3 Å². The Hall–Kier alpha value is -1.68. The number of hydrogen-bond donors (Lipinski definition) is 0. The van der Waals surface area contributed by atoms with Crippen molar-refractivity contribution >= 4 is 16.9 Å². The molecule has 3 rings (SSSR count). The van der Waals surface area contributed by atoms with Gasteiger partial charge < -0.3 is 9.64 Å². The lowest BCUT2D eigenvalue weighted by Crippen LogP contribution is -2.36. The van der Waals surface area contributed by atoms with Crippen LogP contribution in [0.3, 0.4) is 0 Å². The normalized spacial score (nSPS) is 36.6. The first kappa shape index (κ1) is 4.30. The minimum atomic E-state index is -3.12. The molecule has 1 aromatic heterocycles. The van der Waals surface area contributed by atoms with Crippen molar-refractivity contribution in [1.82, 2.24) is 9.97 Å². The van der Waals surface area contributed by atoms with Gasteiger partial charge in [0.1, 0.15) is 5.82 Å². The van der Waals surface area contributed by atoms with Crippen molar-refractivity contribution in [2.24, 2.45) is 0 Å². The molecule has 4 nitrogen and oxygen atoms in total. The summed E-state index contributed by atoms with van der Waals surface area (Å²) in [5.41, 5.74) is 0.830. The third kappa shape index (κ3) is 1.72. The van der Waals surface area contributed by atoms with Crippen molar-refractivity contribution in [3.8, 4) is 0 Å². The Balaban J connectivity index is 2.23. The molecule has 0 atom stereocenters. The van der Waals surface area contributed by atoms with Gasteiger partial charge in [-0.3, -0.25) is 4.98 Å². The molecule has 0 amide bonds. The first-order chi connectivity index (χ1) is 10.9. The zero-order valence-corrected chi connectivity index (χ0v) is 8.14. The summed E-state index contributed by atoms with van der Waals surface area (Å²) in [5.74, 6) is -0.334. The minimum Gasteiger partial charge on any atom is -0.378 e. The number of aromatic nitrogens is 2. The molecule has 0 N–H and O–H groups in total. The molecule has 0 spiro atoms. The molecule has 4 heteroatoms. The highest BCUT2D eigenvalue weighted by molar-refractivity contribution is 5.75. The third-order valence-corrected chi connectivity index (χ3v) is 2.08. The monoisotopic (exact) mass is 223 g/mol. The first-order valence-corrected chi connectivity index (χ1v) is 4.62. The number of para-hydroxylation sites is 2. The Morgan fingerprint density at radius 2 is 1.94 bits per heavy atom. The molecule has 2 heterocycles. The second-order valence-electron chi connectivity index (χ2n) is 3.08. The zero-order valence-electron chi connectivity index (χ0n) is 16.1. The quantitative estimate of drug-likeness (QED) is 0.733. The zero-order chi connectivity index (χ0) is 18.0. The lowest BCUT2D eigenvalue weighted by atomic mass is 10.3. The van der Waals surface area contributed by atoms with Crippen LogP contribution in [0.5, 0.6) is 0 Å². The van der Waals surface area contributed by atoms with Crippen molar-refractivity contribution in [2.45, 2.75) is 0 Å². The third-order valence-electron chi connectivity index (χ3n) is 2.08. The van der Waals surface area contributed by atoms with E-state index in [1.807, 2.05) is 0 Å². The van der Waals surface area contributed by atoms with E-state index in [2.05, 4.69) is 14.7 Å². The van der Waals surface area contributed by atoms with Crippen molar-refractivity contribution in [1.29, 1.82) is 0 Å². The number of anilines is 1. The van der Waals surface area contributed by atoms with E-state index in [0.717, 1.165) is 6.20 Å². The van der Waals surface area contributed by atoms with Crippen LogP contribution in [-0.2, 0) is 4.74 Å². The van der Waals surface area contributed by atoms with Crippen LogP contribution in [0, 0.1) is 0 Å². The van der Waals surface area contributed by atoms with Gasteiger partial charge in [-0.25, -0.2) is 4.98 Å². The maximum Gasteiger partial charge on any atom is 0.148 e. The smallest absolute Gasteiger partial charge is 0.148 e. The Morgan fingerprint density at radius 1 is 1.19 bits per heavy atom. The standard InChI is InChI=1S/C12H13N3O/c1-2-4-11-10(3-1)13-9-12(14-11)15-5-7-16-8-6-15/h1-4,9H,5-8H2/i5D2,6D2,7D2,8D2. The summed E-state index contributed by atoms with van der Waals surface area (Å²) in [6.45, 7) is -12.3. The number of nitrogens with zero attached hydrogens (tertiary/aromatic N) is 3. The number of rotatable bonds is 1. The van der Waals surface area contributed by atoms with Crippen LogP contribution in [-0.4, -0.2) is 36.1 Å². The van der Waals surface area contributed by atoms with Crippen LogP contribution < -0.4 is 4.90 Å². The summed E-state index contributed by atoms with van der Waals surface area (Å²) >= 11 is 0. The van der Waals surface area contributed by atoms with Crippen LogP contribution >= 0.6 is 0 Å². The van der Waals surface area contributed by atoms with Crippen molar-refractivity contribution in [3.63, 3.8) is 0 Å². The summed E-state index contributed by atoms with van der Waals surface area (Å²) in [5, 5.41) is 0. The molecule has 1 saturated heterocycles. The lowest BCUT2D eigenvalue weighted by molar-refractivity contribution is 0.122. The van der Waals surface area contributed by atoms with Gasteiger partial charge in [-0.2, -0.15) is 0 Å². The van der Waals surface area contributed by atoms with Crippen LogP contribution in [0.1, 0.15) is 11.0 Å². The molecule has 1 aliphatic rings. The van der Waals surface area contributed by atoms with Crippen molar-refractivity contribution in [2.75, 3.05) is 31.0 Å².